The van der Waals surface area contributed by atoms with Gasteiger partial charge >= 0.3 is 0 Å². The molecule has 2 aliphatic carbocycles. The molecule has 3 fully saturated rings. The molecule has 0 spiro atoms. The SMILES string of the molecule is OCC1(C2(O)CCOCC2)CC2CCC1C2. The fourth-order valence-corrected chi connectivity index (χ4v) is 4.56. The molecule has 1 aliphatic heterocycles. The highest BCUT2D eigenvalue weighted by Crippen LogP contribution is 2.62. The molecular weight excluding hydrogens is 204 g/mol. The zero-order valence-corrected chi connectivity index (χ0v) is 9.82. The molecule has 0 aromatic rings. The largest absolute Gasteiger partial charge is 0.396 e. The van der Waals surface area contributed by atoms with Gasteiger partial charge in [-0.3, -0.25) is 0 Å². The Morgan fingerprint density at radius 2 is 1.94 bits per heavy atom. The highest BCUT2D eigenvalue weighted by Gasteiger charge is 2.61. The van der Waals surface area contributed by atoms with Crippen LogP contribution in [0.2, 0.25) is 0 Å². The van der Waals surface area contributed by atoms with Crippen LogP contribution in [0.15, 0.2) is 0 Å². The third-order valence-electron chi connectivity index (χ3n) is 5.50. The summed E-state index contributed by atoms with van der Waals surface area (Å²) in [7, 11) is 0. The van der Waals surface area contributed by atoms with Crippen LogP contribution in [-0.4, -0.2) is 35.6 Å². The molecule has 1 heterocycles. The molecule has 2 saturated carbocycles. The van der Waals surface area contributed by atoms with E-state index < -0.39 is 5.60 Å². The van der Waals surface area contributed by atoms with E-state index in [0.29, 0.717) is 32.0 Å². The van der Waals surface area contributed by atoms with Crippen molar-refractivity contribution in [1.29, 1.82) is 0 Å². The topological polar surface area (TPSA) is 49.7 Å². The van der Waals surface area contributed by atoms with Gasteiger partial charge in [0.15, 0.2) is 0 Å². The van der Waals surface area contributed by atoms with Crippen molar-refractivity contribution in [2.24, 2.45) is 17.3 Å². The predicted molar refractivity (Wildman–Crippen MR) is 60.0 cm³/mol. The molecule has 0 radical (unpaired) electrons. The molecule has 3 rings (SSSR count). The average Bonchev–Trinajstić information content (AvgIpc) is 2.90. The number of aliphatic hydroxyl groups excluding tert-OH is 1. The van der Waals surface area contributed by atoms with Gasteiger partial charge < -0.3 is 14.9 Å². The maximum absolute atomic E-state index is 10.9. The Hall–Kier alpha value is -0.120. The number of aliphatic hydroxyl groups is 2. The van der Waals surface area contributed by atoms with Gasteiger partial charge in [-0.2, -0.15) is 0 Å². The van der Waals surface area contributed by atoms with Crippen molar-refractivity contribution in [3.63, 3.8) is 0 Å². The number of fused-ring (bicyclic) bond motifs is 2. The molecule has 3 atom stereocenters. The third kappa shape index (κ3) is 1.31. The van der Waals surface area contributed by atoms with Crippen molar-refractivity contribution in [3.8, 4) is 0 Å². The summed E-state index contributed by atoms with van der Waals surface area (Å²) in [4.78, 5) is 0. The summed E-state index contributed by atoms with van der Waals surface area (Å²) in [6.07, 6.45) is 6.18. The second kappa shape index (κ2) is 3.69. The van der Waals surface area contributed by atoms with Crippen LogP contribution in [0.5, 0.6) is 0 Å². The molecule has 3 aliphatic rings. The van der Waals surface area contributed by atoms with Crippen molar-refractivity contribution in [1.82, 2.24) is 0 Å². The first kappa shape index (κ1) is 11.0. The summed E-state index contributed by atoms with van der Waals surface area (Å²) in [5.74, 6) is 1.30. The van der Waals surface area contributed by atoms with Crippen molar-refractivity contribution in [3.05, 3.63) is 0 Å². The van der Waals surface area contributed by atoms with Crippen LogP contribution < -0.4 is 0 Å². The Bertz CT molecular complexity index is 272. The van der Waals surface area contributed by atoms with Gasteiger partial charge in [-0.1, -0.05) is 6.42 Å². The standard InChI is InChI=1S/C13H22O3/c14-9-12(8-10-1-2-11(12)7-10)13(15)3-5-16-6-4-13/h10-11,14-15H,1-9H2. The van der Waals surface area contributed by atoms with Gasteiger partial charge in [-0.15, -0.1) is 0 Å². The molecular formula is C13H22O3. The minimum Gasteiger partial charge on any atom is -0.396 e. The molecule has 16 heavy (non-hydrogen) atoms. The number of hydrogen-bond acceptors (Lipinski definition) is 3. The van der Waals surface area contributed by atoms with Crippen LogP contribution in [0.25, 0.3) is 0 Å². The van der Waals surface area contributed by atoms with E-state index in [1.165, 1.54) is 19.3 Å². The first-order chi connectivity index (χ1) is 7.70. The second-order valence-corrected chi connectivity index (χ2v) is 6.04. The lowest BCUT2D eigenvalue weighted by molar-refractivity contribution is -0.179. The van der Waals surface area contributed by atoms with Crippen LogP contribution in [0.3, 0.4) is 0 Å². The molecule has 1 saturated heterocycles. The lowest BCUT2D eigenvalue weighted by Gasteiger charge is -2.51. The molecule has 3 unspecified atom stereocenters. The van der Waals surface area contributed by atoms with Crippen LogP contribution >= 0.6 is 0 Å². The summed E-state index contributed by atoms with van der Waals surface area (Å²) in [6, 6.07) is 0. The maximum Gasteiger partial charge on any atom is 0.0772 e. The van der Waals surface area contributed by atoms with E-state index in [4.69, 9.17) is 4.74 Å². The van der Waals surface area contributed by atoms with Crippen molar-refractivity contribution in [2.75, 3.05) is 19.8 Å². The molecule has 0 amide bonds. The van der Waals surface area contributed by atoms with Crippen LogP contribution in [0.4, 0.5) is 0 Å². The quantitative estimate of drug-likeness (QED) is 0.746. The van der Waals surface area contributed by atoms with Crippen molar-refractivity contribution >= 4 is 0 Å². The number of ether oxygens (including phenoxy) is 1. The van der Waals surface area contributed by atoms with E-state index in [9.17, 15) is 10.2 Å². The first-order valence-electron chi connectivity index (χ1n) is 6.61. The van der Waals surface area contributed by atoms with Crippen LogP contribution in [0.1, 0.15) is 38.5 Å². The van der Waals surface area contributed by atoms with Crippen molar-refractivity contribution < 1.29 is 14.9 Å². The van der Waals surface area contributed by atoms with E-state index in [2.05, 4.69) is 0 Å². The summed E-state index contributed by atoms with van der Waals surface area (Å²) in [5, 5.41) is 20.8. The second-order valence-electron chi connectivity index (χ2n) is 6.04. The normalized spacial score (nSPS) is 46.1. The summed E-state index contributed by atoms with van der Waals surface area (Å²) in [6.45, 7) is 1.45. The van der Waals surface area contributed by atoms with Crippen LogP contribution in [-0.2, 0) is 4.74 Å². The van der Waals surface area contributed by atoms with Gasteiger partial charge in [0, 0.05) is 31.5 Å². The predicted octanol–water partition coefficient (Wildman–Crippen LogP) is 1.33. The molecule has 3 heteroatoms. The fraction of sp³-hybridized carbons (Fsp3) is 1.00. The molecule has 0 aromatic heterocycles. The van der Waals surface area contributed by atoms with Gasteiger partial charge in [-0.25, -0.2) is 0 Å². The summed E-state index contributed by atoms with van der Waals surface area (Å²) in [5.41, 5.74) is -0.875. The number of rotatable bonds is 2. The van der Waals surface area contributed by atoms with Gasteiger partial charge in [-0.05, 0) is 31.1 Å². The zero-order chi connectivity index (χ0) is 11.2. The molecule has 3 nitrogen and oxygen atoms in total. The molecule has 0 aromatic carbocycles. The van der Waals surface area contributed by atoms with E-state index in [1.807, 2.05) is 0 Å². The lowest BCUT2D eigenvalue weighted by Crippen LogP contribution is -2.56. The average molecular weight is 226 g/mol. The third-order valence-corrected chi connectivity index (χ3v) is 5.50. The molecule has 2 N–H and O–H groups in total. The smallest absolute Gasteiger partial charge is 0.0772 e. The highest BCUT2D eigenvalue weighted by molar-refractivity contribution is 5.10. The Kier molecular flexibility index (Phi) is 2.54. The summed E-state index contributed by atoms with van der Waals surface area (Å²) < 4.78 is 5.35. The Morgan fingerprint density at radius 3 is 2.44 bits per heavy atom. The van der Waals surface area contributed by atoms with E-state index in [1.54, 1.807) is 0 Å². The lowest BCUT2D eigenvalue weighted by atomic mass is 9.60. The van der Waals surface area contributed by atoms with Gasteiger partial charge in [0.25, 0.3) is 0 Å². The molecule has 2 bridgehead atoms. The minimum absolute atomic E-state index is 0.157. The summed E-state index contributed by atoms with van der Waals surface area (Å²) >= 11 is 0. The van der Waals surface area contributed by atoms with E-state index in [-0.39, 0.29) is 12.0 Å². The Morgan fingerprint density at radius 1 is 1.19 bits per heavy atom. The maximum atomic E-state index is 10.9. The van der Waals surface area contributed by atoms with Crippen LogP contribution in [0, 0.1) is 17.3 Å². The highest BCUT2D eigenvalue weighted by atomic mass is 16.5. The van der Waals surface area contributed by atoms with E-state index in [0.717, 1.165) is 12.3 Å². The Balaban J connectivity index is 1.89. The Labute approximate surface area is 96.8 Å². The molecule has 92 valence electrons. The zero-order valence-electron chi connectivity index (χ0n) is 9.82. The van der Waals surface area contributed by atoms with Gasteiger partial charge in [0.05, 0.1) is 12.2 Å². The van der Waals surface area contributed by atoms with Crippen molar-refractivity contribution in [2.45, 2.75) is 44.1 Å². The van der Waals surface area contributed by atoms with E-state index >= 15 is 0 Å². The fourth-order valence-electron chi connectivity index (χ4n) is 4.56. The van der Waals surface area contributed by atoms with Gasteiger partial charge in [0.1, 0.15) is 0 Å². The minimum atomic E-state index is -0.667. The monoisotopic (exact) mass is 226 g/mol. The van der Waals surface area contributed by atoms with Gasteiger partial charge in [0.2, 0.25) is 0 Å². The first-order valence-corrected chi connectivity index (χ1v) is 6.61. The number of hydrogen-bond donors (Lipinski definition) is 2.